The molecule has 1 atom stereocenters. The van der Waals surface area contributed by atoms with E-state index in [4.69, 9.17) is 11.6 Å². The molecule has 2 amide bonds. The van der Waals surface area contributed by atoms with Crippen molar-refractivity contribution in [3.8, 4) is 11.3 Å². The minimum absolute atomic E-state index is 0.210. The van der Waals surface area contributed by atoms with Crippen molar-refractivity contribution in [1.29, 1.82) is 0 Å². The fourth-order valence-electron chi connectivity index (χ4n) is 3.71. The minimum atomic E-state index is -0.355. The fourth-order valence-corrected chi connectivity index (χ4v) is 3.90. The van der Waals surface area contributed by atoms with E-state index in [1.807, 2.05) is 50.5 Å². The molecule has 0 saturated carbocycles. The Balaban J connectivity index is 1.34. The lowest BCUT2D eigenvalue weighted by Crippen LogP contribution is -2.31. The largest absolute Gasteiger partial charge is 0.331 e. The molecule has 0 aliphatic carbocycles. The predicted molar refractivity (Wildman–Crippen MR) is 126 cm³/mol. The topological polar surface area (TPSA) is 101 Å². The first-order valence-corrected chi connectivity index (χ1v) is 10.4. The number of nitrogens with zero attached hydrogens (tertiary/aromatic N) is 4. The maximum Gasteiger partial charge on any atom is 0.320 e. The number of hydrogen-bond acceptors (Lipinski definition) is 4. The number of fused-ring (bicyclic) bond motifs is 2. The van der Waals surface area contributed by atoms with E-state index >= 15 is 0 Å². The number of anilines is 1. The maximum atomic E-state index is 12.4. The van der Waals surface area contributed by atoms with Crippen molar-refractivity contribution < 1.29 is 4.79 Å². The number of halogens is 1. The number of amides is 2. The summed E-state index contributed by atoms with van der Waals surface area (Å²) < 4.78 is 1.79. The fraction of sp³-hybridized carbons (Fsp3) is 0.130. The van der Waals surface area contributed by atoms with Crippen LogP contribution in [-0.2, 0) is 7.05 Å². The Labute approximate surface area is 188 Å². The molecule has 0 bridgehead atoms. The summed E-state index contributed by atoms with van der Waals surface area (Å²) >= 11 is 6.03. The Morgan fingerprint density at radius 1 is 1.19 bits per heavy atom. The van der Waals surface area contributed by atoms with E-state index in [0.717, 1.165) is 38.6 Å². The van der Waals surface area contributed by atoms with E-state index < -0.39 is 0 Å². The van der Waals surface area contributed by atoms with Crippen LogP contribution in [0.2, 0.25) is 5.02 Å². The van der Waals surface area contributed by atoms with Gasteiger partial charge in [-0.25, -0.2) is 9.78 Å². The molecule has 0 aliphatic heterocycles. The molecular weight excluding hydrogens is 426 g/mol. The normalized spacial score (nSPS) is 12.2. The number of carbonyl (C=O) groups excluding carboxylic acids is 1. The summed E-state index contributed by atoms with van der Waals surface area (Å²) in [5.41, 5.74) is 4.38. The zero-order chi connectivity index (χ0) is 22.2. The predicted octanol–water partition coefficient (Wildman–Crippen LogP) is 5.05. The second-order valence-electron chi connectivity index (χ2n) is 7.64. The Hall–Kier alpha value is -3.91. The van der Waals surface area contributed by atoms with Crippen LogP contribution < -0.4 is 10.6 Å². The zero-order valence-electron chi connectivity index (χ0n) is 17.4. The third-order valence-electron chi connectivity index (χ3n) is 5.28. The molecule has 3 heterocycles. The zero-order valence-corrected chi connectivity index (χ0v) is 18.2. The Kier molecular flexibility index (Phi) is 4.99. The standard InChI is InChI=1S/C23H20ClN7O/c1-13(14-4-3-5-17(24)9-14)26-23(32)27-21-10-20-18(11-25-21)22(29-28-20)15-6-7-19-16(8-15)12-31(2)30-19/h3-13H,1-2H3,(H,28,29)(H2,25,26,27,32)/t13-/m1/s1. The molecule has 5 rings (SSSR count). The number of urea groups is 1. The maximum absolute atomic E-state index is 12.4. The van der Waals surface area contributed by atoms with Gasteiger partial charge in [-0.2, -0.15) is 10.2 Å². The highest BCUT2D eigenvalue weighted by atomic mass is 35.5. The summed E-state index contributed by atoms with van der Waals surface area (Å²) in [5.74, 6) is 0.422. The van der Waals surface area contributed by atoms with Gasteiger partial charge in [-0.15, -0.1) is 0 Å². The Morgan fingerprint density at radius 3 is 2.91 bits per heavy atom. The van der Waals surface area contributed by atoms with Crippen molar-refractivity contribution in [2.75, 3.05) is 5.32 Å². The van der Waals surface area contributed by atoms with Crippen molar-refractivity contribution in [2.45, 2.75) is 13.0 Å². The molecule has 5 aromatic rings. The van der Waals surface area contributed by atoms with E-state index in [-0.39, 0.29) is 12.1 Å². The highest BCUT2D eigenvalue weighted by molar-refractivity contribution is 6.30. The van der Waals surface area contributed by atoms with Gasteiger partial charge in [0.05, 0.1) is 17.1 Å². The summed E-state index contributed by atoms with van der Waals surface area (Å²) in [6, 6.07) is 14.6. The number of nitrogens with one attached hydrogen (secondary N) is 3. The van der Waals surface area contributed by atoms with Crippen LogP contribution in [0.1, 0.15) is 18.5 Å². The van der Waals surface area contributed by atoms with Crippen molar-refractivity contribution >= 4 is 45.3 Å². The average Bonchev–Trinajstić information content (AvgIpc) is 3.35. The van der Waals surface area contributed by atoms with E-state index in [0.29, 0.717) is 10.8 Å². The molecule has 0 fully saturated rings. The van der Waals surface area contributed by atoms with Crippen molar-refractivity contribution in [3.05, 3.63) is 71.5 Å². The first-order valence-electron chi connectivity index (χ1n) is 10.1. The molecule has 0 spiro atoms. The molecule has 3 aromatic heterocycles. The van der Waals surface area contributed by atoms with Gasteiger partial charge in [0.25, 0.3) is 0 Å². The smallest absolute Gasteiger partial charge is 0.320 e. The summed E-state index contributed by atoms with van der Waals surface area (Å²) in [7, 11) is 1.90. The van der Waals surface area contributed by atoms with Crippen LogP contribution in [0.4, 0.5) is 10.6 Å². The molecule has 0 aliphatic rings. The molecule has 0 radical (unpaired) electrons. The SMILES string of the molecule is C[C@@H](NC(=O)Nc1cc2[nH]nc(-c3ccc4nn(C)cc4c3)c2cn1)c1cccc(Cl)c1. The summed E-state index contributed by atoms with van der Waals surface area (Å²) in [5, 5.41) is 20.1. The van der Waals surface area contributed by atoms with Gasteiger partial charge in [0.1, 0.15) is 11.5 Å². The second kappa shape index (κ2) is 7.97. The van der Waals surface area contributed by atoms with Gasteiger partial charge in [0.2, 0.25) is 0 Å². The van der Waals surface area contributed by atoms with E-state index in [9.17, 15) is 4.79 Å². The van der Waals surface area contributed by atoms with Gasteiger partial charge in [-0.1, -0.05) is 29.8 Å². The number of aromatic amines is 1. The van der Waals surface area contributed by atoms with Gasteiger partial charge in [-0.05, 0) is 36.8 Å². The number of carbonyl (C=O) groups is 1. The van der Waals surface area contributed by atoms with Gasteiger partial charge in [-0.3, -0.25) is 15.1 Å². The third-order valence-corrected chi connectivity index (χ3v) is 5.51. The molecular formula is C23H20ClN7O. The molecule has 0 saturated heterocycles. The Morgan fingerprint density at radius 2 is 2.06 bits per heavy atom. The van der Waals surface area contributed by atoms with Gasteiger partial charge in [0, 0.05) is 46.9 Å². The lowest BCUT2D eigenvalue weighted by Gasteiger charge is -2.15. The van der Waals surface area contributed by atoms with E-state index in [1.54, 1.807) is 23.0 Å². The van der Waals surface area contributed by atoms with Crippen LogP contribution in [0.15, 0.2) is 60.9 Å². The van der Waals surface area contributed by atoms with Crippen LogP contribution in [0.25, 0.3) is 33.1 Å². The average molecular weight is 446 g/mol. The number of aromatic nitrogens is 5. The number of pyridine rings is 1. The van der Waals surface area contributed by atoms with Crippen LogP contribution in [-0.4, -0.2) is 31.0 Å². The quantitative estimate of drug-likeness (QED) is 0.360. The highest BCUT2D eigenvalue weighted by Gasteiger charge is 2.14. The van der Waals surface area contributed by atoms with Crippen LogP contribution in [0, 0.1) is 0 Å². The van der Waals surface area contributed by atoms with Crippen molar-refractivity contribution in [3.63, 3.8) is 0 Å². The lowest BCUT2D eigenvalue weighted by molar-refractivity contribution is 0.249. The van der Waals surface area contributed by atoms with Gasteiger partial charge in [0.15, 0.2) is 0 Å². The molecule has 8 nitrogen and oxygen atoms in total. The summed E-state index contributed by atoms with van der Waals surface area (Å²) in [6.07, 6.45) is 3.68. The number of benzene rings is 2. The first kappa shape index (κ1) is 20.0. The Bertz CT molecular complexity index is 1460. The van der Waals surface area contributed by atoms with Crippen LogP contribution in [0.5, 0.6) is 0 Å². The lowest BCUT2D eigenvalue weighted by atomic mass is 10.1. The summed E-state index contributed by atoms with van der Waals surface area (Å²) in [4.78, 5) is 16.8. The van der Waals surface area contributed by atoms with E-state index in [2.05, 4.69) is 37.0 Å². The molecule has 3 N–H and O–H groups in total. The summed E-state index contributed by atoms with van der Waals surface area (Å²) in [6.45, 7) is 1.89. The molecule has 9 heteroatoms. The second-order valence-corrected chi connectivity index (χ2v) is 8.08. The van der Waals surface area contributed by atoms with Gasteiger partial charge >= 0.3 is 6.03 Å². The van der Waals surface area contributed by atoms with Crippen molar-refractivity contribution in [2.24, 2.45) is 7.05 Å². The molecule has 2 aromatic carbocycles. The number of H-pyrrole nitrogens is 1. The monoisotopic (exact) mass is 445 g/mol. The third kappa shape index (κ3) is 3.88. The van der Waals surface area contributed by atoms with E-state index in [1.165, 1.54) is 0 Å². The highest BCUT2D eigenvalue weighted by Crippen LogP contribution is 2.29. The van der Waals surface area contributed by atoms with Crippen molar-refractivity contribution in [1.82, 2.24) is 30.3 Å². The van der Waals surface area contributed by atoms with Crippen LogP contribution in [0.3, 0.4) is 0 Å². The molecule has 160 valence electrons. The molecule has 32 heavy (non-hydrogen) atoms. The van der Waals surface area contributed by atoms with Gasteiger partial charge < -0.3 is 5.32 Å². The first-order chi connectivity index (χ1) is 15.5. The number of rotatable bonds is 4. The number of hydrogen-bond donors (Lipinski definition) is 3. The molecule has 0 unspecified atom stereocenters. The minimum Gasteiger partial charge on any atom is -0.331 e. The van der Waals surface area contributed by atoms with Crippen LogP contribution >= 0.6 is 11.6 Å². The number of aryl methyl sites for hydroxylation is 1.